The third-order valence-electron chi connectivity index (χ3n) is 1.20. The summed E-state index contributed by atoms with van der Waals surface area (Å²) in [5.41, 5.74) is 0. The summed E-state index contributed by atoms with van der Waals surface area (Å²) in [6.07, 6.45) is 1.33. The van der Waals surface area contributed by atoms with Gasteiger partial charge in [0.15, 0.2) is 0 Å². The van der Waals surface area contributed by atoms with Crippen LogP contribution in [0, 0.1) is 0 Å². The van der Waals surface area contributed by atoms with Crippen LogP contribution in [0.3, 0.4) is 0 Å². The Hall–Kier alpha value is -0.110. The predicted molar refractivity (Wildman–Crippen MR) is 57.4 cm³/mol. The molecule has 0 spiro atoms. The summed E-state index contributed by atoms with van der Waals surface area (Å²) in [5.74, 6) is -0.391. The Morgan fingerprint density at radius 1 is 1.50 bits per heavy atom. The molecule has 0 aromatic rings. The first-order valence-electron chi connectivity index (χ1n) is 4.02. The highest BCUT2D eigenvalue weighted by Crippen LogP contribution is 2.16. The van der Waals surface area contributed by atoms with E-state index in [1.807, 2.05) is 0 Å². The number of hydrogen-bond acceptors (Lipinski definition) is 4. The van der Waals surface area contributed by atoms with Crippen molar-refractivity contribution in [1.29, 1.82) is 0 Å². The van der Waals surface area contributed by atoms with E-state index in [4.69, 9.17) is 4.55 Å². The lowest BCUT2D eigenvalue weighted by atomic mass is 10.3. The van der Waals surface area contributed by atoms with Crippen LogP contribution in [-0.4, -0.2) is 34.2 Å². The second-order valence-electron chi connectivity index (χ2n) is 3.72. The van der Waals surface area contributed by atoms with Crippen molar-refractivity contribution in [2.75, 3.05) is 5.75 Å². The van der Waals surface area contributed by atoms with Crippen molar-refractivity contribution in [2.24, 2.45) is 4.40 Å². The van der Waals surface area contributed by atoms with E-state index in [0.717, 1.165) is 0 Å². The van der Waals surface area contributed by atoms with Crippen molar-refractivity contribution >= 4 is 27.7 Å². The van der Waals surface area contributed by atoms with Crippen molar-refractivity contribution in [3.63, 3.8) is 0 Å². The molecule has 14 heavy (non-hydrogen) atoms. The largest absolute Gasteiger partial charge is 0.591 e. The van der Waals surface area contributed by atoms with Gasteiger partial charge in [-0.1, -0.05) is 4.40 Å². The van der Waals surface area contributed by atoms with E-state index in [0.29, 0.717) is 0 Å². The van der Waals surface area contributed by atoms with E-state index >= 15 is 0 Å². The summed E-state index contributed by atoms with van der Waals surface area (Å²) in [4.78, 5) is 0. The maximum Gasteiger partial charge on any atom is 0.265 e. The van der Waals surface area contributed by atoms with Crippen LogP contribution in [0.4, 0.5) is 0 Å². The highest BCUT2D eigenvalue weighted by atomic mass is 32.2. The molecule has 0 aliphatic rings. The average Bonchev–Trinajstić information content (AvgIpc) is 1.93. The molecule has 0 aromatic heterocycles. The van der Waals surface area contributed by atoms with Crippen LogP contribution in [0.1, 0.15) is 27.2 Å². The van der Waals surface area contributed by atoms with Crippen LogP contribution >= 0.6 is 0 Å². The van der Waals surface area contributed by atoms with Gasteiger partial charge in [0.25, 0.3) is 10.1 Å². The predicted octanol–water partition coefficient (Wildman–Crippen LogP) is 0.797. The maximum absolute atomic E-state index is 11.3. The molecule has 1 atom stereocenters. The Morgan fingerprint density at radius 3 is 2.36 bits per heavy atom. The third-order valence-corrected chi connectivity index (χ3v) is 3.34. The summed E-state index contributed by atoms with van der Waals surface area (Å²) in [6, 6.07) is 0. The molecular weight excluding hydrogens is 226 g/mol. The second-order valence-corrected chi connectivity index (χ2v) is 7.23. The van der Waals surface area contributed by atoms with Crippen molar-refractivity contribution in [1.82, 2.24) is 0 Å². The van der Waals surface area contributed by atoms with Crippen LogP contribution in [-0.2, 0) is 21.5 Å². The molecular formula is C7H15NO4S2. The molecule has 0 aliphatic carbocycles. The molecule has 0 bridgehead atoms. The van der Waals surface area contributed by atoms with E-state index in [-0.39, 0.29) is 6.42 Å². The van der Waals surface area contributed by atoms with Gasteiger partial charge in [-0.2, -0.15) is 8.42 Å². The standard InChI is InChI=1S/C7H15NO4S2/c1-7(2,3)13(9)8-5-4-6-14(10,11)12/h5H,4,6H2,1-3H3,(H,10,11,12). The van der Waals surface area contributed by atoms with E-state index in [9.17, 15) is 13.0 Å². The summed E-state index contributed by atoms with van der Waals surface area (Å²) in [7, 11) is -3.95. The van der Waals surface area contributed by atoms with E-state index in [1.54, 1.807) is 20.8 Å². The van der Waals surface area contributed by atoms with Crippen molar-refractivity contribution < 1.29 is 17.5 Å². The monoisotopic (exact) mass is 241 g/mol. The second kappa shape index (κ2) is 5.11. The molecule has 0 radical (unpaired) electrons. The molecule has 7 heteroatoms. The smallest absolute Gasteiger partial charge is 0.265 e. The van der Waals surface area contributed by atoms with Crippen LogP contribution in [0.2, 0.25) is 0 Å². The lowest BCUT2D eigenvalue weighted by Crippen LogP contribution is -2.25. The molecule has 0 amide bonds. The molecule has 0 rings (SSSR count). The van der Waals surface area contributed by atoms with E-state index in [2.05, 4.69) is 4.40 Å². The van der Waals surface area contributed by atoms with Gasteiger partial charge in [0, 0.05) is 6.42 Å². The molecule has 5 nitrogen and oxygen atoms in total. The minimum atomic E-state index is -3.95. The molecule has 0 fully saturated rings. The topological polar surface area (TPSA) is 89.8 Å². The first-order valence-corrected chi connectivity index (χ1v) is 6.74. The minimum absolute atomic E-state index is 0.0701. The minimum Gasteiger partial charge on any atom is -0.591 e. The fourth-order valence-corrected chi connectivity index (χ4v) is 1.44. The quantitative estimate of drug-likeness (QED) is 0.448. The number of nitrogens with zero attached hydrogens (tertiary/aromatic N) is 1. The Kier molecular flexibility index (Phi) is 5.07. The summed E-state index contributed by atoms with van der Waals surface area (Å²) in [5, 5.41) is 0. The number of rotatable bonds is 4. The summed E-state index contributed by atoms with van der Waals surface area (Å²) >= 11 is -1.37. The summed E-state index contributed by atoms with van der Waals surface area (Å²) in [6.45, 7) is 5.30. The molecule has 1 unspecified atom stereocenters. The molecule has 1 N–H and O–H groups in total. The maximum atomic E-state index is 11.3. The highest BCUT2D eigenvalue weighted by molar-refractivity contribution is 7.91. The van der Waals surface area contributed by atoms with Gasteiger partial charge in [-0.25, -0.2) is 0 Å². The van der Waals surface area contributed by atoms with Crippen LogP contribution in [0.25, 0.3) is 0 Å². The van der Waals surface area contributed by atoms with E-state index < -0.39 is 32.0 Å². The van der Waals surface area contributed by atoms with Gasteiger partial charge in [0.05, 0.1) is 12.0 Å². The summed E-state index contributed by atoms with van der Waals surface area (Å²) < 4.78 is 43.5. The third kappa shape index (κ3) is 7.31. The fourth-order valence-electron chi connectivity index (χ4n) is 0.480. The molecule has 0 aliphatic heterocycles. The zero-order valence-electron chi connectivity index (χ0n) is 8.43. The Labute approximate surface area is 87.7 Å². The van der Waals surface area contributed by atoms with Gasteiger partial charge in [-0.3, -0.25) is 4.55 Å². The first-order chi connectivity index (χ1) is 6.13. The lowest BCUT2D eigenvalue weighted by molar-refractivity contribution is 0.483. The van der Waals surface area contributed by atoms with Gasteiger partial charge >= 0.3 is 0 Å². The Morgan fingerprint density at radius 2 is 2.00 bits per heavy atom. The normalized spacial score (nSPS) is 16.1. The van der Waals surface area contributed by atoms with Crippen LogP contribution < -0.4 is 0 Å². The lowest BCUT2D eigenvalue weighted by Gasteiger charge is -2.17. The molecule has 0 saturated heterocycles. The van der Waals surface area contributed by atoms with Crippen LogP contribution in [0.15, 0.2) is 4.40 Å². The van der Waals surface area contributed by atoms with Gasteiger partial charge in [-0.15, -0.1) is 0 Å². The first kappa shape index (κ1) is 13.9. The van der Waals surface area contributed by atoms with Gasteiger partial charge < -0.3 is 4.55 Å². The molecule has 0 heterocycles. The Bertz CT molecular complexity index is 291. The zero-order valence-corrected chi connectivity index (χ0v) is 10.1. The average molecular weight is 241 g/mol. The van der Waals surface area contributed by atoms with E-state index in [1.165, 1.54) is 6.21 Å². The number of hydrogen-bond donors (Lipinski definition) is 1. The van der Waals surface area contributed by atoms with Crippen LogP contribution in [0.5, 0.6) is 0 Å². The fraction of sp³-hybridized carbons (Fsp3) is 0.857. The van der Waals surface area contributed by atoms with Gasteiger partial charge in [0.1, 0.15) is 16.1 Å². The molecule has 0 saturated carbocycles. The Balaban J connectivity index is 3.97. The van der Waals surface area contributed by atoms with Crippen molar-refractivity contribution in [3.8, 4) is 0 Å². The van der Waals surface area contributed by atoms with Gasteiger partial charge in [0.2, 0.25) is 0 Å². The highest BCUT2D eigenvalue weighted by Gasteiger charge is 2.25. The molecule has 84 valence electrons. The van der Waals surface area contributed by atoms with Crippen molar-refractivity contribution in [2.45, 2.75) is 31.9 Å². The van der Waals surface area contributed by atoms with Crippen molar-refractivity contribution in [3.05, 3.63) is 0 Å². The molecule has 0 aromatic carbocycles. The zero-order chi connectivity index (χ0) is 11.4. The SMILES string of the molecule is CC(C)(C)[S+]([O-])N=CCCS(=O)(=O)O. The van der Waals surface area contributed by atoms with Gasteiger partial charge in [-0.05, 0) is 20.8 Å².